The molecule has 0 aromatic heterocycles. The van der Waals surface area contributed by atoms with Gasteiger partial charge in [-0.2, -0.15) is 0 Å². The smallest absolute Gasteiger partial charge is 0.178 e. The second-order valence-corrected chi connectivity index (χ2v) is 5.49. The van der Waals surface area contributed by atoms with Crippen LogP contribution in [0, 0.1) is 11.6 Å². The zero-order chi connectivity index (χ0) is 12.3. The van der Waals surface area contributed by atoms with Gasteiger partial charge in [-0.1, -0.05) is 0 Å². The van der Waals surface area contributed by atoms with E-state index in [2.05, 4.69) is 0 Å². The molecule has 16 heavy (non-hydrogen) atoms. The highest BCUT2D eigenvalue weighted by Gasteiger charge is 2.19. The highest BCUT2D eigenvalue weighted by Crippen LogP contribution is 2.21. The lowest BCUT2D eigenvalue weighted by Gasteiger charge is -2.07. The van der Waals surface area contributed by atoms with E-state index in [0.717, 1.165) is 18.4 Å². The van der Waals surface area contributed by atoms with Crippen LogP contribution >= 0.6 is 0 Å². The summed E-state index contributed by atoms with van der Waals surface area (Å²) in [4.78, 5) is -0.471. The number of sulfone groups is 1. The predicted octanol–water partition coefficient (Wildman–Crippen LogP) is 1.26. The van der Waals surface area contributed by atoms with Crippen LogP contribution in [0.1, 0.15) is 12.0 Å². The second-order valence-electron chi connectivity index (χ2n) is 3.50. The Hall–Kier alpha value is -1.01. The van der Waals surface area contributed by atoms with Crippen molar-refractivity contribution in [3.05, 3.63) is 29.3 Å². The van der Waals surface area contributed by atoms with Crippen molar-refractivity contribution >= 4 is 9.84 Å². The maximum atomic E-state index is 13.7. The molecule has 1 aromatic rings. The average Bonchev–Trinajstić information content (AvgIpc) is 2.15. The lowest BCUT2D eigenvalue weighted by atomic mass is 10.1. The van der Waals surface area contributed by atoms with E-state index in [1.54, 1.807) is 0 Å². The van der Waals surface area contributed by atoms with Gasteiger partial charge in [-0.3, -0.25) is 0 Å². The Morgan fingerprint density at radius 3 is 2.44 bits per heavy atom. The van der Waals surface area contributed by atoms with Crippen LogP contribution in [0.25, 0.3) is 0 Å². The molecule has 0 aliphatic heterocycles. The summed E-state index contributed by atoms with van der Waals surface area (Å²) >= 11 is 0. The van der Waals surface area contributed by atoms with E-state index in [-0.39, 0.29) is 12.0 Å². The van der Waals surface area contributed by atoms with Gasteiger partial charge in [-0.05, 0) is 31.5 Å². The van der Waals surface area contributed by atoms with Crippen LogP contribution in [0.15, 0.2) is 17.0 Å². The summed E-state index contributed by atoms with van der Waals surface area (Å²) in [6.07, 6.45) is 1.38. The molecule has 0 aliphatic rings. The summed E-state index contributed by atoms with van der Waals surface area (Å²) in [5.41, 5.74) is 5.02. The molecule has 0 atom stereocenters. The first-order valence-corrected chi connectivity index (χ1v) is 6.64. The van der Waals surface area contributed by atoms with Crippen LogP contribution < -0.4 is 5.73 Å². The van der Waals surface area contributed by atoms with Crippen molar-refractivity contribution < 1.29 is 17.2 Å². The number of benzene rings is 1. The molecule has 0 radical (unpaired) electrons. The number of hydrogen-bond donors (Lipinski definition) is 1. The summed E-state index contributed by atoms with van der Waals surface area (Å²) < 4.78 is 49.4. The SMILES string of the molecule is CS(=O)(=O)c1ccc(F)c(CCCN)c1F. The molecule has 3 nitrogen and oxygen atoms in total. The Labute approximate surface area is 93.2 Å². The topological polar surface area (TPSA) is 60.2 Å². The van der Waals surface area contributed by atoms with E-state index in [4.69, 9.17) is 5.73 Å². The third-order valence-electron chi connectivity index (χ3n) is 2.18. The molecule has 0 bridgehead atoms. The number of halogens is 2. The molecule has 6 heteroatoms. The van der Waals surface area contributed by atoms with Crippen molar-refractivity contribution in [3.63, 3.8) is 0 Å². The minimum atomic E-state index is -3.67. The summed E-state index contributed by atoms with van der Waals surface area (Å²) in [6.45, 7) is 0.294. The van der Waals surface area contributed by atoms with Crippen molar-refractivity contribution in [2.45, 2.75) is 17.7 Å². The molecule has 90 valence electrons. The summed E-state index contributed by atoms with van der Waals surface area (Å²) in [7, 11) is -3.67. The standard InChI is InChI=1S/C10H13F2NO2S/c1-16(14,15)9-5-4-8(11)7(10(9)12)3-2-6-13/h4-5H,2-3,6,13H2,1H3. The van der Waals surface area contributed by atoms with Crippen LogP contribution in [-0.4, -0.2) is 21.2 Å². The Morgan fingerprint density at radius 1 is 1.31 bits per heavy atom. The van der Waals surface area contributed by atoms with Crippen LogP contribution in [0.2, 0.25) is 0 Å². The molecular weight excluding hydrogens is 236 g/mol. The highest BCUT2D eigenvalue weighted by atomic mass is 32.2. The second kappa shape index (κ2) is 4.88. The zero-order valence-corrected chi connectivity index (χ0v) is 9.65. The monoisotopic (exact) mass is 249 g/mol. The number of hydrogen-bond acceptors (Lipinski definition) is 3. The Kier molecular flexibility index (Phi) is 3.98. The Bertz CT molecular complexity index is 486. The normalized spacial score (nSPS) is 11.8. The first kappa shape index (κ1) is 13.1. The predicted molar refractivity (Wildman–Crippen MR) is 56.8 cm³/mol. The highest BCUT2D eigenvalue weighted by molar-refractivity contribution is 7.90. The van der Waals surface area contributed by atoms with Crippen molar-refractivity contribution in [1.29, 1.82) is 0 Å². The minimum Gasteiger partial charge on any atom is -0.330 e. The third-order valence-corrected chi connectivity index (χ3v) is 3.30. The van der Waals surface area contributed by atoms with Crippen LogP contribution in [-0.2, 0) is 16.3 Å². The average molecular weight is 249 g/mol. The molecule has 2 N–H and O–H groups in total. The van der Waals surface area contributed by atoms with Gasteiger partial charge in [-0.25, -0.2) is 17.2 Å². The maximum Gasteiger partial charge on any atom is 0.178 e. The van der Waals surface area contributed by atoms with Gasteiger partial charge in [-0.15, -0.1) is 0 Å². The van der Waals surface area contributed by atoms with E-state index in [1.165, 1.54) is 0 Å². The van der Waals surface area contributed by atoms with E-state index in [1.807, 2.05) is 0 Å². The lowest BCUT2D eigenvalue weighted by molar-refractivity contribution is 0.526. The molecule has 1 rings (SSSR count). The molecule has 0 heterocycles. The van der Waals surface area contributed by atoms with Gasteiger partial charge < -0.3 is 5.73 Å². The number of rotatable bonds is 4. The molecule has 0 spiro atoms. The van der Waals surface area contributed by atoms with E-state index >= 15 is 0 Å². The molecule has 1 aromatic carbocycles. The van der Waals surface area contributed by atoms with Gasteiger partial charge in [0.15, 0.2) is 9.84 Å². The summed E-state index contributed by atoms with van der Waals surface area (Å²) in [5.74, 6) is -1.74. The first-order chi connectivity index (χ1) is 7.38. The molecule has 0 saturated heterocycles. The van der Waals surface area contributed by atoms with Crippen molar-refractivity contribution in [2.75, 3.05) is 12.8 Å². The minimum absolute atomic E-state index is 0.0948. The van der Waals surface area contributed by atoms with E-state index in [0.29, 0.717) is 13.0 Å². The fourth-order valence-electron chi connectivity index (χ4n) is 1.37. The quantitative estimate of drug-likeness (QED) is 0.817. The van der Waals surface area contributed by atoms with Gasteiger partial charge in [0.05, 0.1) is 0 Å². The summed E-state index contributed by atoms with van der Waals surface area (Å²) in [6, 6.07) is 1.90. The lowest BCUT2D eigenvalue weighted by Crippen LogP contribution is -2.08. The van der Waals surface area contributed by atoms with Crippen molar-refractivity contribution in [1.82, 2.24) is 0 Å². The largest absolute Gasteiger partial charge is 0.330 e. The first-order valence-electron chi connectivity index (χ1n) is 4.75. The van der Waals surface area contributed by atoms with Crippen LogP contribution in [0.4, 0.5) is 8.78 Å². The van der Waals surface area contributed by atoms with Gasteiger partial charge in [0.25, 0.3) is 0 Å². The van der Waals surface area contributed by atoms with Crippen LogP contribution in [0.3, 0.4) is 0 Å². The van der Waals surface area contributed by atoms with Gasteiger partial charge in [0, 0.05) is 11.8 Å². The van der Waals surface area contributed by atoms with Crippen molar-refractivity contribution in [3.8, 4) is 0 Å². The molecule has 0 fully saturated rings. The summed E-state index contributed by atoms with van der Waals surface area (Å²) in [5, 5.41) is 0. The maximum absolute atomic E-state index is 13.7. The van der Waals surface area contributed by atoms with E-state index < -0.39 is 26.4 Å². The van der Waals surface area contributed by atoms with Gasteiger partial charge in [0.2, 0.25) is 0 Å². The van der Waals surface area contributed by atoms with Crippen LogP contribution in [0.5, 0.6) is 0 Å². The fraction of sp³-hybridized carbons (Fsp3) is 0.400. The molecule has 0 unspecified atom stereocenters. The van der Waals surface area contributed by atoms with Gasteiger partial charge in [0.1, 0.15) is 16.5 Å². The third kappa shape index (κ3) is 2.76. The fourth-order valence-corrected chi connectivity index (χ4v) is 2.13. The van der Waals surface area contributed by atoms with Gasteiger partial charge >= 0.3 is 0 Å². The molecule has 0 aliphatic carbocycles. The van der Waals surface area contributed by atoms with E-state index in [9.17, 15) is 17.2 Å². The van der Waals surface area contributed by atoms with Crippen molar-refractivity contribution in [2.24, 2.45) is 5.73 Å². The molecular formula is C10H13F2NO2S. The number of nitrogens with two attached hydrogens (primary N) is 1. The molecule has 0 amide bonds. The Morgan fingerprint density at radius 2 is 1.94 bits per heavy atom. The Balaban J connectivity index is 3.27. The molecule has 0 saturated carbocycles. The zero-order valence-electron chi connectivity index (χ0n) is 8.83.